The quantitative estimate of drug-likeness (QED) is 0.297. The maximum absolute atomic E-state index is 12.5. The second kappa shape index (κ2) is 10.9. The molecule has 2 atom stereocenters. The number of phenolic OH excluding ortho intramolecular Hbond substituents is 1. The highest BCUT2D eigenvalue weighted by molar-refractivity contribution is 5.78. The predicted molar refractivity (Wildman–Crippen MR) is 129 cm³/mol. The number of pyridine rings is 1. The van der Waals surface area contributed by atoms with Crippen LogP contribution in [0.3, 0.4) is 0 Å². The minimum atomic E-state index is -4.79. The Morgan fingerprint density at radius 3 is 2.32 bits per heavy atom. The zero-order valence-electron chi connectivity index (χ0n) is 19.6. The number of primary amides is 1. The number of carbonyl (C=O) groups is 1. The van der Waals surface area contributed by atoms with Crippen molar-refractivity contribution in [3.05, 3.63) is 83.8 Å². The Morgan fingerprint density at radius 2 is 1.70 bits per heavy atom. The number of rotatable bonds is 10. The molecule has 4 N–H and O–H groups in total. The zero-order valence-corrected chi connectivity index (χ0v) is 19.6. The highest BCUT2D eigenvalue weighted by atomic mass is 19.4. The fourth-order valence-electron chi connectivity index (χ4n) is 4.27. The van der Waals surface area contributed by atoms with Crippen LogP contribution < -0.4 is 10.5 Å². The van der Waals surface area contributed by atoms with Gasteiger partial charge in [0.05, 0.1) is 12.5 Å². The molecule has 0 spiro atoms. The van der Waals surface area contributed by atoms with Gasteiger partial charge in [-0.25, -0.2) is 9.97 Å². The lowest BCUT2D eigenvalue weighted by Crippen LogP contribution is -2.35. The first-order chi connectivity index (χ1) is 17.6. The number of fused-ring (bicyclic) bond motifs is 1. The van der Waals surface area contributed by atoms with Crippen LogP contribution in [0.1, 0.15) is 17.0 Å². The van der Waals surface area contributed by atoms with Crippen LogP contribution in [0.2, 0.25) is 0 Å². The summed E-state index contributed by atoms with van der Waals surface area (Å²) in [5, 5.41) is 19.6. The molecular formula is C26H25F3N4O4. The molecule has 2 aromatic carbocycles. The molecule has 4 aromatic rings. The van der Waals surface area contributed by atoms with Gasteiger partial charge in [-0.1, -0.05) is 24.3 Å². The molecule has 11 heteroatoms. The Labute approximate surface area is 210 Å². The summed E-state index contributed by atoms with van der Waals surface area (Å²) < 4.78 is 43.2. The van der Waals surface area contributed by atoms with E-state index in [0.717, 1.165) is 5.56 Å². The molecule has 194 valence electrons. The van der Waals surface area contributed by atoms with Crippen molar-refractivity contribution in [3.63, 3.8) is 0 Å². The number of hydrogen-bond donors (Lipinski definition) is 3. The van der Waals surface area contributed by atoms with Crippen molar-refractivity contribution in [1.82, 2.24) is 14.5 Å². The monoisotopic (exact) mass is 514 g/mol. The number of nitrogens with two attached hydrogens (primary N) is 1. The fourth-order valence-corrected chi connectivity index (χ4v) is 4.27. The van der Waals surface area contributed by atoms with E-state index in [1.54, 1.807) is 35.0 Å². The molecule has 0 aliphatic rings. The number of aliphatic hydroxyl groups excluding tert-OH is 1. The molecule has 1 unspecified atom stereocenters. The van der Waals surface area contributed by atoms with Gasteiger partial charge in [0, 0.05) is 19.2 Å². The summed E-state index contributed by atoms with van der Waals surface area (Å²) in [6, 6.07) is 15.4. The molecule has 0 saturated carbocycles. The van der Waals surface area contributed by atoms with Crippen LogP contribution in [0.15, 0.2) is 66.9 Å². The van der Waals surface area contributed by atoms with E-state index in [1.165, 1.54) is 36.4 Å². The summed E-state index contributed by atoms with van der Waals surface area (Å²) in [5.41, 5.74) is 8.36. The van der Waals surface area contributed by atoms with Crippen molar-refractivity contribution in [2.75, 3.05) is 6.61 Å². The number of aromatic nitrogens is 3. The Bertz CT molecular complexity index is 1360. The number of phenols is 1. The maximum Gasteiger partial charge on any atom is 0.573 e. The van der Waals surface area contributed by atoms with Crippen molar-refractivity contribution in [2.24, 2.45) is 17.6 Å². The predicted octanol–water partition coefficient (Wildman–Crippen LogP) is 3.58. The lowest BCUT2D eigenvalue weighted by atomic mass is 9.84. The summed E-state index contributed by atoms with van der Waals surface area (Å²) >= 11 is 0. The van der Waals surface area contributed by atoms with E-state index < -0.39 is 24.1 Å². The largest absolute Gasteiger partial charge is 0.573 e. The summed E-state index contributed by atoms with van der Waals surface area (Å²) in [6.07, 6.45) is -2.72. The molecular weight excluding hydrogens is 489 g/mol. The highest BCUT2D eigenvalue weighted by Gasteiger charge is 2.31. The van der Waals surface area contributed by atoms with Gasteiger partial charge in [0.15, 0.2) is 5.65 Å². The van der Waals surface area contributed by atoms with Gasteiger partial charge in [0.2, 0.25) is 5.91 Å². The number of halogens is 3. The van der Waals surface area contributed by atoms with Gasteiger partial charge in [-0.05, 0) is 59.9 Å². The van der Waals surface area contributed by atoms with Gasteiger partial charge in [-0.15, -0.1) is 13.2 Å². The van der Waals surface area contributed by atoms with Crippen molar-refractivity contribution in [2.45, 2.75) is 25.7 Å². The number of aliphatic hydroxyl groups is 1. The van der Waals surface area contributed by atoms with E-state index in [2.05, 4.69) is 14.7 Å². The highest BCUT2D eigenvalue weighted by Crippen LogP contribution is 2.26. The SMILES string of the molecule is NC(=O)C(Cc1nc2cccnc2n1Cc1ccc(OC(F)(F)F)cc1)[C@@H](CO)Cc1ccc(O)cc1. The Kier molecular flexibility index (Phi) is 7.63. The van der Waals surface area contributed by atoms with Gasteiger partial charge >= 0.3 is 6.36 Å². The molecule has 0 aliphatic carbocycles. The average Bonchev–Trinajstić information content (AvgIpc) is 3.19. The minimum Gasteiger partial charge on any atom is -0.508 e. The smallest absolute Gasteiger partial charge is 0.508 e. The standard InChI is InChI=1S/C26H25F3N4O4/c27-26(28,29)37-20-9-5-17(6-10-20)14-33-23(32-22-2-1-11-31-25(22)33)13-21(24(30)36)18(15-34)12-16-3-7-19(35)8-4-16/h1-11,18,21,34-35H,12-15H2,(H2,30,36)/t18-,21?/m1/s1. The number of alkyl halides is 3. The van der Waals surface area contributed by atoms with E-state index in [4.69, 9.17) is 5.73 Å². The summed E-state index contributed by atoms with van der Waals surface area (Å²) in [6.45, 7) is -0.0734. The first-order valence-electron chi connectivity index (χ1n) is 11.5. The van der Waals surface area contributed by atoms with Gasteiger partial charge in [-0.2, -0.15) is 0 Å². The molecule has 2 heterocycles. The number of carbonyl (C=O) groups excluding carboxylic acids is 1. The Morgan fingerprint density at radius 1 is 1.03 bits per heavy atom. The molecule has 0 bridgehead atoms. The molecule has 1 amide bonds. The van der Waals surface area contributed by atoms with Crippen molar-refractivity contribution in [1.29, 1.82) is 0 Å². The topological polar surface area (TPSA) is 123 Å². The first-order valence-corrected chi connectivity index (χ1v) is 11.5. The third kappa shape index (κ3) is 6.56. The number of ether oxygens (including phenoxy) is 1. The second-order valence-corrected chi connectivity index (χ2v) is 8.68. The van der Waals surface area contributed by atoms with Gasteiger partial charge < -0.3 is 25.3 Å². The van der Waals surface area contributed by atoms with Crippen LogP contribution in [-0.2, 0) is 24.2 Å². The number of nitrogens with zero attached hydrogens (tertiary/aromatic N) is 3. The lowest BCUT2D eigenvalue weighted by Gasteiger charge is -2.23. The van der Waals surface area contributed by atoms with Crippen LogP contribution in [0.5, 0.6) is 11.5 Å². The Balaban J connectivity index is 1.62. The van der Waals surface area contributed by atoms with Gasteiger partial charge in [-0.3, -0.25) is 4.79 Å². The van der Waals surface area contributed by atoms with E-state index >= 15 is 0 Å². The summed E-state index contributed by atoms with van der Waals surface area (Å²) in [7, 11) is 0. The molecule has 4 rings (SSSR count). The zero-order chi connectivity index (χ0) is 26.6. The molecule has 0 saturated heterocycles. The molecule has 8 nitrogen and oxygen atoms in total. The van der Waals surface area contributed by atoms with Crippen LogP contribution in [-0.4, -0.2) is 43.6 Å². The van der Waals surface area contributed by atoms with Crippen LogP contribution >= 0.6 is 0 Å². The number of imidazole rings is 1. The normalized spacial score (nSPS) is 13.4. The number of amides is 1. The van der Waals surface area contributed by atoms with E-state index in [9.17, 15) is 28.2 Å². The number of aromatic hydroxyl groups is 1. The summed E-state index contributed by atoms with van der Waals surface area (Å²) in [5.74, 6) is -1.61. The van der Waals surface area contributed by atoms with Crippen LogP contribution in [0.4, 0.5) is 13.2 Å². The number of benzene rings is 2. The molecule has 37 heavy (non-hydrogen) atoms. The third-order valence-corrected chi connectivity index (χ3v) is 6.09. The van der Waals surface area contributed by atoms with E-state index in [0.29, 0.717) is 29.0 Å². The van der Waals surface area contributed by atoms with Crippen LogP contribution in [0, 0.1) is 11.8 Å². The molecule has 0 fully saturated rings. The van der Waals surface area contributed by atoms with Gasteiger partial charge in [0.25, 0.3) is 0 Å². The number of hydrogen-bond acceptors (Lipinski definition) is 6. The molecule has 0 aliphatic heterocycles. The second-order valence-electron chi connectivity index (χ2n) is 8.68. The summed E-state index contributed by atoms with van der Waals surface area (Å²) in [4.78, 5) is 21.5. The van der Waals surface area contributed by atoms with Gasteiger partial charge in [0.1, 0.15) is 22.8 Å². The van der Waals surface area contributed by atoms with Crippen molar-refractivity contribution < 1.29 is 32.9 Å². The fraction of sp³-hybridized carbons (Fsp3) is 0.269. The third-order valence-electron chi connectivity index (χ3n) is 6.09. The van der Waals surface area contributed by atoms with E-state index in [1.807, 2.05) is 0 Å². The molecule has 0 radical (unpaired) electrons. The van der Waals surface area contributed by atoms with E-state index in [-0.39, 0.29) is 31.1 Å². The Hall–Kier alpha value is -4.12. The lowest BCUT2D eigenvalue weighted by molar-refractivity contribution is -0.274. The first kappa shape index (κ1) is 26.0. The molecule has 2 aromatic heterocycles. The van der Waals surface area contributed by atoms with Crippen LogP contribution in [0.25, 0.3) is 11.2 Å². The average molecular weight is 515 g/mol. The van der Waals surface area contributed by atoms with Crippen molar-refractivity contribution in [3.8, 4) is 11.5 Å². The van der Waals surface area contributed by atoms with Crippen molar-refractivity contribution >= 4 is 17.1 Å². The minimum absolute atomic E-state index is 0.106. The maximum atomic E-state index is 12.5.